The first-order valence-electron chi connectivity index (χ1n) is 6.79. The van der Waals surface area contributed by atoms with Crippen molar-refractivity contribution >= 4 is 5.97 Å². The summed E-state index contributed by atoms with van der Waals surface area (Å²) in [6.45, 7) is 2.81. The van der Waals surface area contributed by atoms with Crippen molar-refractivity contribution in [2.75, 3.05) is 6.54 Å². The van der Waals surface area contributed by atoms with E-state index in [-0.39, 0.29) is 0 Å². The molecule has 0 saturated carbocycles. The standard InChI is InChI=1S/C13H28N2O2/c1-2-3-6-9-13(15,12(16)17)10-7-4-5-8-11-14/h2-11,14-15H2,1H3,(H,16,17). The van der Waals surface area contributed by atoms with E-state index < -0.39 is 11.5 Å². The fourth-order valence-corrected chi connectivity index (χ4v) is 1.97. The Hall–Kier alpha value is -0.610. The van der Waals surface area contributed by atoms with Gasteiger partial charge in [-0.2, -0.15) is 0 Å². The zero-order chi connectivity index (χ0) is 13.1. The molecule has 4 nitrogen and oxygen atoms in total. The first-order valence-corrected chi connectivity index (χ1v) is 6.79. The molecular weight excluding hydrogens is 216 g/mol. The highest BCUT2D eigenvalue weighted by atomic mass is 16.4. The minimum absolute atomic E-state index is 0.580. The molecule has 0 fully saturated rings. The Morgan fingerprint density at radius 3 is 2.06 bits per heavy atom. The monoisotopic (exact) mass is 244 g/mol. The first-order chi connectivity index (χ1) is 8.06. The Morgan fingerprint density at radius 2 is 1.59 bits per heavy atom. The number of rotatable bonds is 11. The Bertz CT molecular complexity index is 210. The van der Waals surface area contributed by atoms with Crippen molar-refractivity contribution in [3.63, 3.8) is 0 Å². The van der Waals surface area contributed by atoms with E-state index in [9.17, 15) is 9.90 Å². The quantitative estimate of drug-likeness (QED) is 0.486. The van der Waals surface area contributed by atoms with Crippen LogP contribution in [0.5, 0.6) is 0 Å². The minimum Gasteiger partial charge on any atom is -0.480 e. The zero-order valence-electron chi connectivity index (χ0n) is 11.1. The SMILES string of the molecule is CCCCCC(N)(CCCCCCN)C(=O)O. The van der Waals surface area contributed by atoms with Crippen LogP contribution in [0.15, 0.2) is 0 Å². The van der Waals surface area contributed by atoms with Crippen LogP contribution in [0.25, 0.3) is 0 Å². The van der Waals surface area contributed by atoms with Gasteiger partial charge in [0.25, 0.3) is 0 Å². The lowest BCUT2D eigenvalue weighted by Crippen LogP contribution is -2.47. The van der Waals surface area contributed by atoms with Gasteiger partial charge in [-0.15, -0.1) is 0 Å². The van der Waals surface area contributed by atoms with Gasteiger partial charge in [0.05, 0.1) is 0 Å². The number of carboxylic acids is 1. The molecule has 0 heterocycles. The molecule has 0 aromatic carbocycles. The molecule has 0 aromatic rings. The molecule has 4 heteroatoms. The Kier molecular flexibility index (Phi) is 9.09. The van der Waals surface area contributed by atoms with Gasteiger partial charge in [-0.05, 0) is 25.8 Å². The second-order valence-corrected chi connectivity index (χ2v) is 4.87. The second-order valence-electron chi connectivity index (χ2n) is 4.87. The predicted molar refractivity (Wildman–Crippen MR) is 70.8 cm³/mol. The Morgan fingerprint density at radius 1 is 1.06 bits per heavy atom. The third-order valence-corrected chi connectivity index (χ3v) is 3.23. The van der Waals surface area contributed by atoms with Gasteiger partial charge in [-0.1, -0.05) is 45.4 Å². The molecule has 1 atom stereocenters. The number of hydrogen-bond acceptors (Lipinski definition) is 3. The van der Waals surface area contributed by atoms with Crippen molar-refractivity contribution in [3.8, 4) is 0 Å². The zero-order valence-corrected chi connectivity index (χ0v) is 11.1. The lowest BCUT2D eigenvalue weighted by Gasteiger charge is -2.24. The maximum absolute atomic E-state index is 11.2. The number of carbonyl (C=O) groups is 1. The van der Waals surface area contributed by atoms with Crippen molar-refractivity contribution < 1.29 is 9.90 Å². The first kappa shape index (κ1) is 16.4. The molecule has 0 radical (unpaired) electrons. The van der Waals surface area contributed by atoms with Crippen LogP contribution in [0.4, 0.5) is 0 Å². The highest BCUT2D eigenvalue weighted by Gasteiger charge is 2.32. The van der Waals surface area contributed by atoms with E-state index >= 15 is 0 Å². The molecule has 0 aromatic heterocycles. The molecule has 0 amide bonds. The summed E-state index contributed by atoms with van der Waals surface area (Å²) in [5, 5.41) is 9.19. The van der Waals surface area contributed by atoms with Gasteiger partial charge in [0.1, 0.15) is 5.54 Å². The van der Waals surface area contributed by atoms with E-state index in [2.05, 4.69) is 6.92 Å². The van der Waals surface area contributed by atoms with Crippen molar-refractivity contribution in [2.45, 2.75) is 70.3 Å². The summed E-state index contributed by atoms with van der Waals surface area (Å²) in [5.74, 6) is -0.854. The highest BCUT2D eigenvalue weighted by molar-refractivity contribution is 5.78. The van der Waals surface area contributed by atoms with Crippen molar-refractivity contribution in [2.24, 2.45) is 11.5 Å². The van der Waals surface area contributed by atoms with Crippen LogP contribution in [0.2, 0.25) is 0 Å². The molecule has 0 aliphatic rings. The van der Waals surface area contributed by atoms with E-state index in [1.165, 1.54) is 0 Å². The van der Waals surface area contributed by atoms with Gasteiger partial charge in [0, 0.05) is 0 Å². The van der Waals surface area contributed by atoms with E-state index in [0.717, 1.165) is 44.9 Å². The number of hydrogen-bond donors (Lipinski definition) is 3. The van der Waals surface area contributed by atoms with Gasteiger partial charge in [0.15, 0.2) is 0 Å². The summed E-state index contributed by atoms with van der Waals surface area (Å²) in [7, 11) is 0. The Labute approximate surface area is 105 Å². The van der Waals surface area contributed by atoms with E-state index in [1.54, 1.807) is 0 Å². The average Bonchev–Trinajstić information content (AvgIpc) is 2.29. The summed E-state index contributed by atoms with van der Waals surface area (Å²) < 4.78 is 0. The summed E-state index contributed by atoms with van der Waals surface area (Å²) in [4.78, 5) is 11.2. The second kappa shape index (κ2) is 9.42. The van der Waals surface area contributed by atoms with Gasteiger partial charge in [-0.3, -0.25) is 4.79 Å². The molecule has 0 aliphatic carbocycles. The summed E-state index contributed by atoms with van der Waals surface area (Å²) in [6, 6.07) is 0. The molecule has 5 N–H and O–H groups in total. The van der Waals surface area contributed by atoms with Gasteiger partial charge < -0.3 is 16.6 Å². The summed E-state index contributed by atoms with van der Waals surface area (Å²) in [6.07, 6.45) is 8.21. The Balaban J connectivity index is 3.91. The molecule has 1 unspecified atom stereocenters. The molecule has 0 spiro atoms. The maximum Gasteiger partial charge on any atom is 0.323 e. The third-order valence-electron chi connectivity index (χ3n) is 3.23. The number of nitrogens with two attached hydrogens (primary N) is 2. The minimum atomic E-state index is -1.02. The molecule has 102 valence electrons. The van der Waals surface area contributed by atoms with Crippen LogP contribution >= 0.6 is 0 Å². The van der Waals surface area contributed by atoms with E-state index in [1.807, 2.05) is 0 Å². The smallest absolute Gasteiger partial charge is 0.323 e. The van der Waals surface area contributed by atoms with Crippen molar-refractivity contribution in [1.29, 1.82) is 0 Å². The third kappa shape index (κ3) is 7.34. The van der Waals surface area contributed by atoms with E-state index in [4.69, 9.17) is 11.5 Å². The highest BCUT2D eigenvalue weighted by Crippen LogP contribution is 2.20. The number of unbranched alkanes of at least 4 members (excludes halogenated alkanes) is 5. The molecule has 0 aliphatic heterocycles. The molecular formula is C13H28N2O2. The van der Waals surface area contributed by atoms with Crippen LogP contribution in [0, 0.1) is 0 Å². The lowest BCUT2D eigenvalue weighted by molar-refractivity contribution is -0.144. The van der Waals surface area contributed by atoms with Crippen LogP contribution < -0.4 is 11.5 Å². The molecule has 0 bridgehead atoms. The van der Waals surface area contributed by atoms with Gasteiger partial charge >= 0.3 is 5.97 Å². The summed E-state index contributed by atoms with van der Waals surface area (Å²) >= 11 is 0. The van der Waals surface area contributed by atoms with Gasteiger partial charge in [-0.25, -0.2) is 0 Å². The van der Waals surface area contributed by atoms with Crippen LogP contribution in [-0.4, -0.2) is 23.2 Å². The maximum atomic E-state index is 11.2. The van der Waals surface area contributed by atoms with Crippen LogP contribution in [-0.2, 0) is 4.79 Å². The van der Waals surface area contributed by atoms with E-state index in [0.29, 0.717) is 19.4 Å². The molecule has 17 heavy (non-hydrogen) atoms. The van der Waals surface area contributed by atoms with Crippen LogP contribution in [0.1, 0.15) is 64.7 Å². The summed E-state index contributed by atoms with van der Waals surface area (Å²) in [5.41, 5.74) is 10.4. The normalized spacial score (nSPS) is 14.5. The fourth-order valence-electron chi connectivity index (χ4n) is 1.97. The number of aliphatic carboxylic acids is 1. The molecule has 0 saturated heterocycles. The lowest BCUT2D eigenvalue weighted by atomic mass is 9.87. The largest absolute Gasteiger partial charge is 0.480 e. The van der Waals surface area contributed by atoms with Gasteiger partial charge in [0.2, 0.25) is 0 Å². The van der Waals surface area contributed by atoms with Crippen molar-refractivity contribution in [3.05, 3.63) is 0 Å². The molecule has 0 rings (SSSR count). The average molecular weight is 244 g/mol. The van der Waals surface area contributed by atoms with Crippen molar-refractivity contribution in [1.82, 2.24) is 0 Å². The number of carboxylic acid groups (broad SMARTS) is 1. The predicted octanol–water partition coefficient (Wildman–Crippen LogP) is 2.26. The topological polar surface area (TPSA) is 89.3 Å². The van der Waals surface area contributed by atoms with Crippen LogP contribution in [0.3, 0.4) is 0 Å². The fraction of sp³-hybridized carbons (Fsp3) is 0.923.